The summed E-state index contributed by atoms with van der Waals surface area (Å²) >= 11 is 7.81. The molecule has 3 aromatic carbocycles. The fraction of sp³-hybridized carbons (Fsp3) is 0.265. The molecular weight excluding hydrogens is 600 g/mol. The lowest BCUT2D eigenvalue weighted by atomic mass is 9.93. The lowest BCUT2D eigenvalue weighted by Crippen LogP contribution is -2.40. The fourth-order valence-corrected chi connectivity index (χ4v) is 6.26. The second-order valence-corrected chi connectivity index (χ2v) is 11.6. The molecule has 0 amide bonds. The maximum absolute atomic E-state index is 14.2. The molecule has 0 spiro atoms. The lowest BCUT2D eigenvalue weighted by Gasteiger charge is -2.26. The van der Waals surface area contributed by atoms with Gasteiger partial charge in [0.15, 0.2) is 16.3 Å². The minimum absolute atomic E-state index is 0.106. The van der Waals surface area contributed by atoms with Crippen molar-refractivity contribution in [3.8, 4) is 17.2 Å². The molecular formula is C34H33ClN2O6S. The average Bonchev–Trinajstić information content (AvgIpc) is 3.32. The molecule has 0 saturated heterocycles. The summed E-state index contributed by atoms with van der Waals surface area (Å²) in [5.74, 6) is 1.03. The van der Waals surface area contributed by atoms with Crippen molar-refractivity contribution in [3.05, 3.63) is 114 Å². The van der Waals surface area contributed by atoms with Gasteiger partial charge in [0, 0.05) is 5.56 Å². The van der Waals surface area contributed by atoms with Crippen LogP contribution in [0.1, 0.15) is 50.4 Å². The molecule has 1 aliphatic rings. The van der Waals surface area contributed by atoms with Crippen LogP contribution >= 0.6 is 22.9 Å². The first-order valence-electron chi connectivity index (χ1n) is 14.3. The highest BCUT2D eigenvalue weighted by atomic mass is 35.5. The number of hydrogen-bond donors (Lipinski definition) is 0. The van der Waals surface area contributed by atoms with E-state index < -0.39 is 12.0 Å². The van der Waals surface area contributed by atoms with Crippen LogP contribution in [0.2, 0.25) is 5.02 Å². The summed E-state index contributed by atoms with van der Waals surface area (Å²) in [7, 11) is 1.54. The summed E-state index contributed by atoms with van der Waals surface area (Å²) in [5.41, 5.74) is 2.53. The molecule has 5 rings (SSSR count). The van der Waals surface area contributed by atoms with Crippen molar-refractivity contribution < 1.29 is 23.7 Å². The van der Waals surface area contributed by atoms with Gasteiger partial charge in [-0.05, 0) is 69.2 Å². The lowest BCUT2D eigenvalue weighted by molar-refractivity contribution is -0.138. The molecule has 4 aromatic rings. The summed E-state index contributed by atoms with van der Waals surface area (Å²) < 4.78 is 24.6. The molecule has 0 saturated carbocycles. The van der Waals surface area contributed by atoms with E-state index in [1.807, 2.05) is 75.4 Å². The second-order valence-electron chi connectivity index (χ2n) is 10.1. The first-order valence-corrected chi connectivity index (χ1v) is 15.5. The highest BCUT2D eigenvalue weighted by Crippen LogP contribution is 2.38. The van der Waals surface area contributed by atoms with Crippen LogP contribution in [0.15, 0.2) is 82.1 Å². The SMILES string of the molecule is CCOC(=O)C1=C(c2ccccc2)N=c2s/c(=C\c3cc(Cl)c(OC(C)C)c(OC)c3)c(=O)n2[C@@H]1c1ccc(OCC)cc1. The summed E-state index contributed by atoms with van der Waals surface area (Å²) in [5, 5.41) is 0.361. The molecule has 0 radical (unpaired) electrons. The molecule has 44 heavy (non-hydrogen) atoms. The number of halogens is 1. The third-order valence-corrected chi connectivity index (χ3v) is 8.05. The zero-order valence-corrected chi connectivity index (χ0v) is 26.7. The number of esters is 1. The van der Waals surface area contributed by atoms with Gasteiger partial charge in [-0.3, -0.25) is 9.36 Å². The van der Waals surface area contributed by atoms with Crippen LogP contribution in [0.5, 0.6) is 17.2 Å². The Balaban J connectivity index is 1.76. The quantitative estimate of drug-likeness (QED) is 0.206. The van der Waals surface area contributed by atoms with Gasteiger partial charge in [-0.1, -0.05) is 65.4 Å². The Hall–Kier alpha value is -4.34. The topological polar surface area (TPSA) is 88.4 Å². The summed E-state index contributed by atoms with van der Waals surface area (Å²) in [6.45, 7) is 8.15. The number of carbonyl (C=O) groups is 1. The van der Waals surface area contributed by atoms with Crippen molar-refractivity contribution >= 4 is 40.7 Å². The Bertz CT molecular complexity index is 1880. The van der Waals surface area contributed by atoms with Gasteiger partial charge >= 0.3 is 5.97 Å². The van der Waals surface area contributed by atoms with E-state index in [2.05, 4.69) is 0 Å². The molecule has 8 nitrogen and oxygen atoms in total. The van der Waals surface area contributed by atoms with Crippen LogP contribution in [0, 0.1) is 0 Å². The van der Waals surface area contributed by atoms with E-state index in [0.29, 0.717) is 55.0 Å². The van der Waals surface area contributed by atoms with E-state index in [9.17, 15) is 9.59 Å². The number of ether oxygens (including phenoxy) is 4. The Morgan fingerprint density at radius 2 is 1.80 bits per heavy atom. The molecule has 228 valence electrons. The first kappa shape index (κ1) is 31.1. The standard InChI is InChI=1S/C34H33ClN2O6S/c1-6-41-24-15-13-23(14-16-24)30-28(33(39)42-7-2)29(22-11-9-8-10-12-22)36-34-37(30)32(38)27(44-34)19-21-17-25(35)31(43-20(3)4)26(18-21)40-5/h8-20,30H,6-7H2,1-5H3/b27-19-/t30-/m1/s1. The highest BCUT2D eigenvalue weighted by Gasteiger charge is 2.35. The molecule has 1 aromatic heterocycles. The predicted octanol–water partition coefficient (Wildman–Crippen LogP) is 5.78. The smallest absolute Gasteiger partial charge is 0.338 e. The number of aromatic nitrogens is 1. The monoisotopic (exact) mass is 632 g/mol. The van der Waals surface area contributed by atoms with Crippen molar-refractivity contribution in [1.82, 2.24) is 4.57 Å². The third-order valence-electron chi connectivity index (χ3n) is 6.78. The van der Waals surface area contributed by atoms with Crippen LogP contribution in [0.3, 0.4) is 0 Å². The molecule has 0 fully saturated rings. The van der Waals surface area contributed by atoms with E-state index in [0.717, 1.165) is 5.56 Å². The number of nitrogens with zero attached hydrogens (tertiary/aromatic N) is 2. The average molecular weight is 633 g/mol. The van der Waals surface area contributed by atoms with E-state index in [-0.39, 0.29) is 23.8 Å². The van der Waals surface area contributed by atoms with Crippen LogP contribution in [0.4, 0.5) is 0 Å². The molecule has 0 unspecified atom stereocenters. The van der Waals surface area contributed by atoms with Crippen LogP contribution < -0.4 is 29.1 Å². The van der Waals surface area contributed by atoms with Gasteiger partial charge in [0.25, 0.3) is 5.56 Å². The molecule has 1 aliphatic heterocycles. The predicted molar refractivity (Wildman–Crippen MR) is 172 cm³/mol. The van der Waals surface area contributed by atoms with Crippen molar-refractivity contribution in [2.24, 2.45) is 4.99 Å². The number of hydrogen-bond acceptors (Lipinski definition) is 8. The van der Waals surface area contributed by atoms with Gasteiger partial charge in [0.2, 0.25) is 0 Å². The molecule has 2 heterocycles. The van der Waals surface area contributed by atoms with Gasteiger partial charge in [-0.15, -0.1) is 0 Å². The van der Waals surface area contributed by atoms with E-state index in [1.54, 1.807) is 29.7 Å². The molecule has 1 atom stereocenters. The zero-order chi connectivity index (χ0) is 31.4. The second kappa shape index (κ2) is 13.5. The van der Waals surface area contributed by atoms with Gasteiger partial charge < -0.3 is 18.9 Å². The van der Waals surface area contributed by atoms with Crippen LogP contribution in [-0.4, -0.2) is 37.0 Å². The van der Waals surface area contributed by atoms with E-state index in [4.69, 9.17) is 35.5 Å². The summed E-state index contributed by atoms with van der Waals surface area (Å²) in [4.78, 5) is 33.2. The third kappa shape index (κ3) is 6.30. The highest BCUT2D eigenvalue weighted by molar-refractivity contribution is 7.07. The Labute approximate surface area is 264 Å². The fourth-order valence-electron chi connectivity index (χ4n) is 4.99. The normalized spacial score (nSPS) is 14.7. The van der Waals surface area contributed by atoms with Crippen molar-refractivity contribution in [3.63, 3.8) is 0 Å². The van der Waals surface area contributed by atoms with Gasteiger partial charge in [-0.25, -0.2) is 9.79 Å². The molecule has 0 bridgehead atoms. The van der Waals surface area contributed by atoms with Gasteiger partial charge in [0.05, 0.1) is 53.3 Å². The Kier molecular flexibility index (Phi) is 9.56. The zero-order valence-electron chi connectivity index (χ0n) is 25.1. The molecule has 0 aliphatic carbocycles. The largest absolute Gasteiger partial charge is 0.494 e. The number of carbonyl (C=O) groups excluding carboxylic acids is 1. The van der Waals surface area contributed by atoms with Crippen molar-refractivity contribution in [1.29, 1.82) is 0 Å². The molecule has 10 heteroatoms. The maximum Gasteiger partial charge on any atom is 0.338 e. The van der Waals surface area contributed by atoms with Crippen molar-refractivity contribution in [2.75, 3.05) is 20.3 Å². The minimum atomic E-state index is -0.793. The van der Waals surface area contributed by atoms with Crippen LogP contribution in [-0.2, 0) is 9.53 Å². The summed E-state index contributed by atoms with van der Waals surface area (Å²) in [6.07, 6.45) is 1.63. The minimum Gasteiger partial charge on any atom is -0.494 e. The number of methoxy groups -OCH3 is 1. The Morgan fingerprint density at radius 1 is 1.07 bits per heavy atom. The number of fused-ring (bicyclic) bond motifs is 1. The summed E-state index contributed by atoms with van der Waals surface area (Å²) in [6, 6.07) is 19.5. The van der Waals surface area contributed by atoms with Gasteiger partial charge in [0.1, 0.15) is 5.75 Å². The maximum atomic E-state index is 14.2. The van der Waals surface area contributed by atoms with E-state index >= 15 is 0 Å². The number of thiazole rings is 1. The van der Waals surface area contributed by atoms with E-state index in [1.165, 1.54) is 18.4 Å². The van der Waals surface area contributed by atoms with Gasteiger partial charge in [-0.2, -0.15) is 0 Å². The number of benzene rings is 3. The first-order chi connectivity index (χ1) is 21.2. The number of rotatable bonds is 10. The molecule has 0 N–H and O–H groups in total. The van der Waals surface area contributed by atoms with Crippen molar-refractivity contribution in [2.45, 2.75) is 39.8 Å². The van der Waals surface area contributed by atoms with Crippen LogP contribution in [0.25, 0.3) is 11.8 Å². The Morgan fingerprint density at radius 3 is 2.43 bits per heavy atom.